The molecule has 9 aromatic rings. The molecular formula is C50H31N3S. The van der Waals surface area contributed by atoms with Crippen LogP contribution in [0.5, 0.6) is 0 Å². The van der Waals surface area contributed by atoms with Crippen molar-refractivity contribution in [2.45, 2.75) is 5.41 Å². The Kier molecular flexibility index (Phi) is 6.94. The Labute approximate surface area is 318 Å². The Bertz CT molecular complexity index is 2760. The quantitative estimate of drug-likeness (QED) is 0.179. The van der Waals surface area contributed by atoms with Crippen LogP contribution in [0.2, 0.25) is 0 Å². The predicted octanol–water partition coefficient (Wildman–Crippen LogP) is 12.6. The number of benzene rings is 7. The molecule has 11 rings (SSSR count). The molecule has 0 bridgehead atoms. The molecule has 0 unspecified atom stereocenters. The van der Waals surface area contributed by atoms with Crippen LogP contribution in [0.4, 0.5) is 0 Å². The molecule has 3 nitrogen and oxygen atoms in total. The highest BCUT2D eigenvalue weighted by molar-refractivity contribution is 7.19. The van der Waals surface area contributed by atoms with Gasteiger partial charge in [0.25, 0.3) is 0 Å². The molecule has 2 aromatic heterocycles. The molecule has 0 radical (unpaired) electrons. The minimum atomic E-state index is -0.629. The number of thiophene rings is 1. The summed E-state index contributed by atoms with van der Waals surface area (Å²) >= 11 is 1.90. The molecule has 0 fully saturated rings. The van der Waals surface area contributed by atoms with Gasteiger partial charge < -0.3 is 0 Å². The second-order valence-corrected chi connectivity index (χ2v) is 14.9. The molecule has 252 valence electrons. The summed E-state index contributed by atoms with van der Waals surface area (Å²) in [6.07, 6.45) is 0. The molecule has 4 heteroatoms. The highest BCUT2D eigenvalue weighted by atomic mass is 32.1. The summed E-state index contributed by atoms with van der Waals surface area (Å²) in [5.74, 6) is 1.97. The maximum absolute atomic E-state index is 5.33. The third-order valence-electron chi connectivity index (χ3n) is 11.0. The highest BCUT2D eigenvalue weighted by Gasteiger charge is 2.55. The average Bonchev–Trinajstić information content (AvgIpc) is 3.90. The van der Waals surface area contributed by atoms with Crippen molar-refractivity contribution in [2.24, 2.45) is 0 Å². The maximum Gasteiger partial charge on any atom is 0.164 e. The van der Waals surface area contributed by atoms with Gasteiger partial charge in [-0.25, -0.2) is 15.0 Å². The molecule has 2 aliphatic rings. The van der Waals surface area contributed by atoms with Crippen molar-refractivity contribution in [2.75, 3.05) is 0 Å². The molecule has 54 heavy (non-hydrogen) atoms. The van der Waals surface area contributed by atoms with Crippen LogP contribution in [0, 0.1) is 0 Å². The van der Waals surface area contributed by atoms with Crippen LogP contribution in [0.1, 0.15) is 22.3 Å². The number of rotatable bonds is 5. The molecule has 0 atom stereocenters. The van der Waals surface area contributed by atoms with Crippen LogP contribution in [-0.4, -0.2) is 15.0 Å². The number of aromatic nitrogens is 3. The average molecular weight is 706 g/mol. The molecule has 0 N–H and O–H groups in total. The first-order chi connectivity index (χ1) is 26.8. The van der Waals surface area contributed by atoms with Gasteiger partial charge in [0.05, 0.1) is 5.41 Å². The van der Waals surface area contributed by atoms with E-state index in [1.54, 1.807) is 0 Å². The summed E-state index contributed by atoms with van der Waals surface area (Å²) in [7, 11) is 0. The second kappa shape index (κ2) is 12.2. The zero-order valence-corrected chi connectivity index (χ0v) is 30.0. The third-order valence-corrected chi connectivity index (χ3v) is 12.2. The molecule has 2 heterocycles. The smallest absolute Gasteiger partial charge is 0.164 e. The summed E-state index contributed by atoms with van der Waals surface area (Å²) in [5.41, 5.74) is 14.9. The monoisotopic (exact) mass is 705 g/mol. The number of hydrogen-bond donors (Lipinski definition) is 0. The Morgan fingerprint density at radius 3 is 1.26 bits per heavy atom. The molecule has 1 spiro atoms. The molecule has 7 aromatic carbocycles. The third kappa shape index (κ3) is 4.44. The van der Waals surface area contributed by atoms with Crippen molar-refractivity contribution < 1.29 is 0 Å². The van der Waals surface area contributed by atoms with Crippen LogP contribution < -0.4 is 0 Å². The predicted molar refractivity (Wildman–Crippen MR) is 221 cm³/mol. The number of nitrogens with zero attached hydrogens (tertiary/aromatic N) is 3. The van der Waals surface area contributed by atoms with Crippen LogP contribution in [0.25, 0.3) is 77.3 Å². The van der Waals surface area contributed by atoms with Crippen LogP contribution in [-0.2, 0) is 5.41 Å². The summed E-state index contributed by atoms with van der Waals surface area (Å²) in [6, 6.07) is 67.1. The van der Waals surface area contributed by atoms with E-state index < -0.39 is 5.41 Å². The van der Waals surface area contributed by atoms with Gasteiger partial charge in [-0.2, -0.15) is 0 Å². The number of fused-ring (bicyclic) bond motifs is 10. The van der Waals surface area contributed by atoms with E-state index in [1.807, 2.05) is 47.7 Å². The van der Waals surface area contributed by atoms with Gasteiger partial charge in [0.2, 0.25) is 0 Å². The summed E-state index contributed by atoms with van der Waals surface area (Å²) in [6.45, 7) is 0. The fourth-order valence-electron chi connectivity index (χ4n) is 8.81. The van der Waals surface area contributed by atoms with Gasteiger partial charge >= 0.3 is 0 Å². The fourth-order valence-corrected chi connectivity index (χ4v) is 10.2. The molecule has 2 aliphatic carbocycles. The van der Waals surface area contributed by atoms with E-state index in [0.29, 0.717) is 17.5 Å². The van der Waals surface area contributed by atoms with E-state index in [4.69, 9.17) is 15.0 Å². The largest absolute Gasteiger partial charge is 0.208 e. The highest BCUT2D eigenvalue weighted by Crippen LogP contribution is 2.69. The molecular weight excluding hydrogens is 675 g/mol. The zero-order chi connectivity index (χ0) is 35.6. The van der Waals surface area contributed by atoms with E-state index in [0.717, 1.165) is 16.7 Å². The van der Waals surface area contributed by atoms with E-state index >= 15 is 0 Å². The van der Waals surface area contributed by atoms with Gasteiger partial charge in [0, 0.05) is 32.0 Å². The molecule has 0 amide bonds. The first-order valence-electron chi connectivity index (χ1n) is 18.3. The van der Waals surface area contributed by atoms with Crippen molar-refractivity contribution in [1.82, 2.24) is 15.0 Å². The second-order valence-electron chi connectivity index (χ2n) is 13.8. The van der Waals surface area contributed by atoms with Crippen LogP contribution >= 0.6 is 11.3 Å². The summed E-state index contributed by atoms with van der Waals surface area (Å²) in [5, 5.41) is 0. The Balaban J connectivity index is 1.31. The first-order valence-corrected chi connectivity index (χ1v) is 19.1. The molecule has 0 aliphatic heterocycles. The van der Waals surface area contributed by atoms with Gasteiger partial charge in [0.1, 0.15) is 0 Å². The Morgan fingerprint density at radius 1 is 0.315 bits per heavy atom. The van der Waals surface area contributed by atoms with Crippen LogP contribution in [0.15, 0.2) is 188 Å². The van der Waals surface area contributed by atoms with Gasteiger partial charge in [-0.15, -0.1) is 11.3 Å². The van der Waals surface area contributed by atoms with E-state index in [9.17, 15) is 0 Å². The van der Waals surface area contributed by atoms with Gasteiger partial charge in [-0.3, -0.25) is 0 Å². The van der Waals surface area contributed by atoms with Crippen LogP contribution in [0.3, 0.4) is 0 Å². The lowest BCUT2D eigenvalue weighted by atomic mass is 9.68. The lowest BCUT2D eigenvalue weighted by Crippen LogP contribution is -2.27. The van der Waals surface area contributed by atoms with Crippen molar-refractivity contribution in [3.05, 3.63) is 210 Å². The van der Waals surface area contributed by atoms with Crippen molar-refractivity contribution in [1.29, 1.82) is 0 Å². The van der Waals surface area contributed by atoms with Crippen molar-refractivity contribution >= 4 is 11.3 Å². The van der Waals surface area contributed by atoms with Crippen molar-refractivity contribution in [3.63, 3.8) is 0 Å². The topological polar surface area (TPSA) is 38.7 Å². The summed E-state index contributed by atoms with van der Waals surface area (Å²) in [4.78, 5) is 18.3. The van der Waals surface area contributed by atoms with Gasteiger partial charge in [-0.1, -0.05) is 188 Å². The Hall–Kier alpha value is -6.75. The fraction of sp³-hybridized carbons (Fsp3) is 0.0200. The van der Waals surface area contributed by atoms with Crippen molar-refractivity contribution in [3.8, 4) is 77.3 Å². The lowest BCUT2D eigenvalue weighted by Gasteiger charge is -2.32. The molecule has 0 saturated heterocycles. The standard InChI is InChI=1S/C50H31N3S/c1-5-18-32(19-6-1)45-42-38-28-17-29-39(49-52-47(34-22-9-3-10-23-34)51-48(53-49)35-24-11-4-12-25-35)43(38)50(44(42)46(54-45)33-20-7-2-8-21-33)40-30-15-13-26-36(40)37-27-14-16-31-41(37)50/h1-31H. The molecule has 0 saturated carbocycles. The zero-order valence-electron chi connectivity index (χ0n) is 29.1. The first kappa shape index (κ1) is 30.8. The minimum Gasteiger partial charge on any atom is -0.208 e. The lowest BCUT2D eigenvalue weighted by molar-refractivity contribution is 0.798. The maximum atomic E-state index is 5.33. The van der Waals surface area contributed by atoms with E-state index in [1.165, 1.54) is 65.4 Å². The number of hydrogen-bond acceptors (Lipinski definition) is 4. The van der Waals surface area contributed by atoms with E-state index in [-0.39, 0.29) is 0 Å². The van der Waals surface area contributed by atoms with E-state index in [2.05, 4.69) is 152 Å². The van der Waals surface area contributed by atoms with Gasteiger partial charge in [-0.05, 0) is 50.1 Å². The SMILES string of the molecule is c1ccc(-c2nc(-c3ccccc3)nc(-c3cccc4c3C3(c5ccccc5-c5ccccc53)c3c(-c5ccccc5)sc(-c5ccccc5)c3-4)n2)cc1. The minimum absolute atomic E-state index is 0.629. The summed E-state index contributed by atoms with van der Waals surface area (Å²) < 4.78 is 0. The Morgan fingerprint density at radius 2 is 0.722 bits per heavy atom. The van der Waals surface area contributed by atoms with Gasteiger partial charge in [0.15, 0.2) is 17.5 Å². The normalized spacial score (nSPS) is 13.0.